The molecule has 0 bridgehead atoms. The Bertz CT molecular complexity index is 718. The molecule has 19 heavy (non-hydrogen) atoms. The van der Waals surface area contributed by atoms with Crippen molar-refractivity contribution >= 4 is 11.0 Å². The molecule has 3 rings (SSSR count). The van der Waals surface area contributed by atoms with E-state index in [2.05, 4.69) is 4.98 Å². The number of aromatic nitrogens is 2. The zero-order valence-electron chi connectivity index (χ0n) is 10.4. The van der Waals surface area contributed by atoms with Gasteiger partial charge >= 0.3 is 0 Å². The molecule has 1 heterocycles. The van der Waals surface area contributed by atoms with Gasteiger partial charge in [-0.2, -0.15) is 0 Å². The van der Waals surface area contributed by atoms with E-state index >= 15 is 0 Å². The van der Waals surface area contributed by atoms with Crippen molar-refractivity contribution in [1.82, 2.24) is 9.55 Å². The molecule has 0 aliphatic rings. The van der Waals surface area contributed by atoms with Gasteiger partial charge in [0.2, 0.25) is 0 Å². The number of hydrogen-bond acceptors (Lipinski definition) is 2. The first-order valence-electron chi connectivity index (χ1n) is 6.15. The number of nitrogens with zero attached hydrogens (tertiary/aromatic N) is 2. The Morgan fingerprint density at radius 1 is 1.16 bits per heavy atom. The fraction of sp³-hybridized carbons (Fsp3) is 0.133. The molecule has 0 fully saturated rings. The molecule has 3 nitrogen and oxygen atoms in total. The van der Waals surface area contributed by atoms with E-state index in [-0.39, 0.29) is 5.82 Å². The SMILES string of the molecule is NCc1ccc(F)c(Cn2cnc3ccccc32)c1. The molecule has 0 aliphatic heterocycles. The van der Waals surface area contributed by atoms with Gasteiger partial charge in [-0.25, -0.2) is 9.37 Å². The summed E-state index contributed by atoms with van der Waals surface area (Å²) in [7, 11) is 0. The highest BCUT2D eigenvalue weighted by atomic mass is 19.1. The van der Waals surface area contributed by atoms with Crippen molar-refractivity contribution in [3.8, 4) is 0 Å². The third-order valence-electron chi connectivity index (χ3n) is 3.21. The molecule has 3 aromatic rings. The van der Waals surface area contributed by atoms with Crippen molar-refractivity contribution in [1.29, 1.82) is 0 Å². The maximum absolute atomic E-state index is 13.8. The van der Waals surface area contributed by atoms with Crippen LogP contribution in [0, 0.1) is 5.82 Å². The number of para-hydroxylation sites is 2. The topological polar surface area (TPSA) is 43.8 Å². The number of fused-ring (bicyclic) bond motifs is 1. The van der Waals surface area contributed by atoms with E-state index in [9.17, 15) is 4.39 Å². The summed E-state index contributed by atoms with van der Waals surface area (Å²) in [5, 5.41) is 0. The maximum atomic E-state index is 13.8. The van der Waals surface area contributed by atoms with Crippen LogP contribution in [-0.2, 0) is 13.1 Å². The van der Waals surface area contributed by atoms with Crippen molar-refractivity contribution < 1.29 is 4.39 Å². The fourth-order valence-corrected chi connectivity index (χ4v) is 2.20. The Hall–Kier alpha value is -2.20. The van der Waals surface area contributed by atoms with Gasteiger partial charge in [-0.3, -0.25) is 0 Å². The lowest BCUT2D eigenvalue weighted by Crippen LogP contribution is -2.03. The van der Waals surface area contributed by atoms with E-state index in [0.717, 1.165) is 16.6 Å². The Balaban J connectivity index is 2.01. The molecule has 0 spiro atoms. The number of halogens is 1. The molecule has 4 heteroatoms. The number of benzene rings is 2. The van der Waals surface area contributed by atoms with Crippen molar-refractivity contribution in [3.05, 3.63) is 65.7 Å². The van der Waals surface area contributed by atoms with Crippen LogP contribution in [0.25, 0.3) is 11.0 Å². The highest BCUT2D eigenvalue weighted by molar-refractivity contribution is 5.75. The van der Waals surface area contributed by atoms with Gasteiger partial charge in [0.05, 0.1) is 23.9 Å². The van der Waals surface area contributed by atoms with Crippen LogP contribution in [0.5, 0.6) is 0 Å². The highest BCUT2D eigenvalue weighted by Crippen LogP contribution is 2.16. The molecule has 0 aliphatic carbocycles. The average Bonchev–Trinajstić information content (AvgIpc) is 2.85. The van der Waals surface area contributed by atoms with E-state index in [1.807, 2.05) is 34.9 Å². The molecule has 2 aromatic carbocycles. The summed E-state index contributed by atoms with van der Waals surface area (Å²) in [4.78, 5) is 4.30. The van der Waals surface area contributed by atoms with Crippen molar-refractivity contribution in [2.24, 2.45) is 5.73 Å². The molecule has 0 unspecified atom stereocenters. The second kappa shape index (κ2) is 4.82. The van der Waals surface area contributed by atoms with E-state index in [1.54, 1.807) is 12.4 Å². The van der Waals surface area contributed by atoms with Crippen LogP contribution in [0.1, 0.15) is 11.1 Å². The van der Waals surface area contributed by atoms with Crippen LogP contribution in [0.3, 0.4) is 0 Å². The summed E-state index contributed by atoms with van der Waals surface area (Å²) in [6, 6.07) is 12.8. The van der Waals surface area contributed by atoms with Crippen LogP contribution >= 0.6 is 0 Å². The molecule has 0 amide bonds. The van der Waals surface area contributed by atoms with Gasteiger partial charge in [0.15, 0.2) is 0 Å². The highest BCUT2D eigenvalue weighted by Gasteiger charge is 2.07. The average molecular weight is 255 g/mol. The largest absolute Gasteiger partial charge is 0.326 e. The molecule has 96 valence electrons. The summed E-state index contributed by atoms with van der Waals surface area (Å²) in [6.07, 6.45) is 1.74. The van der Waals surface area contributed by atoms with Crippen LogP contribution < -0.4 is 5.73 Å². The van der Waals surface area contributed by atoms with E-state index in [4.69, 9.17) is 5.73 Å². The number of rotatable bonds is 3. The Morgan fingerprint density at radius 3 is 2.84 bits per heavy atom. The number of nitrogens with two attached hydrogens (primary N) is 1. The van der Waals surface area contributed by atoms with E-state index in [1.165, 1.54) is 6.07 Å². The summed E-state index contributed by atoms with van der Waals surface area (Å²) < 4.78 is 15.8. The van der Waals surface area contributed by atoms with E-state index < -0.39 is 0 Å². The second-order valence-corrected chi connectivity index (χ2v) is 4.49. The summed E-state index contributed by atoms with van der Waals surface area (Å²) >= 11 is 0. The van der Waals surface area contributed by atoms with Crippen molar-refractivity contribution in [2.75, 3.05) is 0 Å². The monoisotopic (exact) mass is 255 g/mol. The molecular weight excluding hydrogens is 241 g/mol. The van der Waals surface area contributed by atoms with Crippen LogP contribution in [0.15, 0.2) is 48.8 Å². The fourth-order valence-electron chi connectivity index (χ4n) is 2.20. The molecule has 0 radical (unpaired) electrons. The van der Waals surface area contributed by atoms with Gasteiger partial charge in [-0.05, 0) is 29.8 Å². The molecule has 1 aromatic heterocycles. The Morgan fingerprint density at radius 2 is 2.00 bits per heavy atom. The summed E-state index contributed by atoms with van der Waals surface area (Å²) in [5.74, 6) is -0.213. The lowest BCUT2D eigenvalue weighted by Gasteiger charge is -2.07. The standard InChI is InChI=1S/C15H14FN3/c16-13-6-5-11(8-17)7-12(13)9-19-10-18-14-3-1-2-4-15(14)19/h1-7,10H,8-9,17H2. The zero-order chi connectivity index (χ0) is 13.2. The zero-order valence-corrected chi connectivity index (χ0v) is 10.4. The first-order chi connectivity index (χ1) is 9.28. The number of imidazole rings is 1. The van der Waals surface area contributed by atoms with Gasteiger partial charge in [-0.1, -0.05) is 18.2 Å². The smallest absolute Gasteiger partial charge is 0.128 e. The second-order valence-electron chi connectivity index (χ2n) is 4.49. The van der Waals surface area contributed by atoms with Gasteiger partial charge < -0.3 is 10.3 Å². The summed E-state index contributed by atoms with van der Waals surface area (Å²) in [6.45, 7) is 0.873. The third-order valence-corrected chi connectivity index (χ3v) is 3.21. The Kier molecular flexibility index (Phi) is 3.01. The molecule has 0 atom stereocenters. The van der Waals surface area contributed by atoms with Gasteiger partial charge in [-0.15, -0.1) is 0 Å². The minimum Gasteiger partial charge on any atom is -0.326 e. The van der Waals surface area contributed by atoms with Gasteiger partial charge in [0, 0.05) is 12.1 Å². The molecule has 2 N–H and O–H groups in total. The Labute approximate surface area is 110 Å². The first kappa shape index (κ1) is 11.9. The van der Waals surface area contributed by atoms with E-state index in [0.29, 0.717) is 18.7 Å². The lowest BCUT2D eigenvalue weighted by atomic mass is 10.1. The van der Waals surface area contributed by atoms with Crippen molar-refractivity contribution in [2.45, 2.75) is 13.1 Å². The maximum Gasteiger partial charge on any atom is 0.128 e. The van der Waals surface area contributed by atoms with Crippen molar-refractivity contribution in [3.63, 3.8) is 0 Å². The normalized spacial score (nSPS) is 11.1. The lowest BCUT2D eigenvalue weighted by molar-refractivity contribution is 0.600. The van der Waals surface area contributed by atoms with Crippen LogP contribution in [0.2, 0.25) is 0 Å². The molecule has 0 saturated carbocycles. The minimum absolute atomic E-state index is 0.213. The quantitative estimate of drug-likeness (QED) is 0.782. The number of hydrogen-bond donors (Lipinski definition) is 1. The predicted octanol–water partition coefficient (Wildman–Crippen LogP) is 2.68. The minimum atomic E-state index is -0.213. The van der Waals surface area contributed by atoms with Gasteiger partial charge in [0.1, 0.15) is 5.82 Å². The van der Waals surface area contributed by atoms with Crippen LogP contribution in [0.4, 0.5) is 4.39 Å². The summed E-state index contributed by atoms with van der Waals surface area (Å²) in [5.41, 5.74) is 9.07. The van der Waals surface area contributed by atoms with Crippen LogP contribution in [-0.4, -0.2) is 9.55 Å². The third kappa shape index (κ3) is 2.22. The van der Waals surface area contributed by atoms with Gasteiger partial charge in [0.25, 0.3) is 0 Å². The first-order valence-corrected chi connectivity index (χ1v) is 6.15. The molecule has 0 saturated heterocycles. The molecular formula is C15H14FN3. The predicted molar refractivity (Wildman–Crippen MR) is 73.1 cm³/mol.